The van der Waals surface area contributed by atoms with Gasteiger partial charge in [-0.1, -0.05) is 6.92 Å². The van der Waals surface area contributed by atoms with E-state index in [4.69, 9.17) is 0 Å². The molecule has 1 heteroatoms. The maximum absolute atomic E-state index is 10.1. The van der Waals surface area contributed by atoms with Crippen LogP contribution < -0.4 is 0 Å². The van der Waals surface area contributed by atoms with Crippen LogP contribution in [0.15, 0.2) is 5.57 Å². The first-order valence-corrected chi connectivity index (χ1v) is 3.56. The summed E-state index contributed by atoms with van der Waals surface area (Å²) >= 11 is 0. The van der Waals surface area contributed by atoms with Crippen molar-refractivity contribution in [1.29, 1.82) is 0 Å². The van der Waals surface area contributed by atoms with Gasteiger partial charge in [0.2, 0.25) is 0 Å². The summed E-state index contributed by atoms with van der Waals surface area (Å²) in [6.45, 7) is 2.24. The van der Waals surface area contributed by atoms with Gasteiger partial charge in [-0.2, -0.15) is 0 Å². The monoisotopic (exact) mass is 124 g/mol. The zero-order chi connectivity index (χ0) is 6.69. The molecule has 1 aliphatic rings. The molecule has 0 saturated heterocycles. The molecule has 0 aromatic heterocycles. The topological polar surface area (TPSA) is 17.1 Å². The standard InChI is InChI=1S/C8H12O/c1-7-2-4-8(6-9)5-3-7/h7H,2-5H2,1H3. The second kappa shape index (κ2) is 2.84. The summed E-state index contributed by atoms with van der Waals surface area (Å²) in [4.78, 5) is 10.1. The van der Waals surface area contributed by atoms with Gasteiger partial charge in [0.25, 0.3) is 0 Å². The van der Waals surface area contributed by atoms with Crippen LogP contribution in [-0.4, -0.2) is 5.94 Å². The van der Waals surface area contributed by atoms with Crippen molar-refractivity contribution >= 4 is 5.94 Å². The van der Waals surface area contributed by atoms with Crippen LogP contribution in [0.2, 0.25) is 0 Å². The second-order valence-corrected chi connectivity index (χ2v) is 2.89. The van der Waals surface area contributed by atoms with Crippen LogP contribution in [0.4, 0.5) is 0 Å². The summed E-state index contributed by atoms with van der Waals surface area (Å²) in [6.07, 6.45) is 4.35. The minimum absolute atomic E-state index is 0.821. The summed E-state index contributed by atoms with van der Waals surface area (Å²) in [6, 6.07) is 0. The molecule has 1 aliphatic carbocycles. The van der Waals surface area contributed by atoms with Crippen LogP contribution in [0.3, 0.4) is 0 Å². The van der Waals surface area contributed by atoms with Crippen molar-refractivity contribution in [3.63, 3.8) is 0 Å². The van der Waals surface area contributed by atoms with Crippen LogP contribution in [0.5, 0.6) is 0 Å². The third-order valence-electron chi connectivity index (χ3n) is 2.02. The first kappa shape index (κ1) is 6.57. The summed E-state index contributed by atoms with van der Waals surface area (Å²) in [5, 5.41) is 0. The smallest absolute Gasteiger partial charge is 0.123 e. The fraction of sp³-hybridized carbons (Fsp3) is 0.750. The van der Waals surface area contributed by atoms with Crippen molar-refractivity contribution in [3.8, 4) is 0 Å². The zero-order valence-electron chi connectivity index (χ0n) is 5.81. The van der Waals surface area contributed by atoms with Gasteiger partial charge in [0.15, 0.2) is 0 Å². The molecule has 1 fully saturated rings. The average molecular weight is 124 g/mol. The Morgan fingerprint density at radius 2 is 2.00 bits per heavy atom. The van der Waals surface area contributed by atoms with Crippen molar-refractivity contribution in [2.45, 2.75) is 32.6 Å². The zero-order valence-corrected chi connectivity index (χ0v) is 5.81. The minimum atomic E-state index is 0.821. The number of rotatable bonds is 0. The Hall–Kier alpha value is -0.550. The molecule has 50 valence electrons. The Kier molecular flexibility index (Phi) is 2.07. The van der Waals surface area contributed by atoms with Crippen LogP contribution in [-0.2, 0) is 4.79 Å². The quantitative estimate of drug-likeness (QED) is 0.451. The molecule has 0 spiro atoms. The normalized spacial score (nSPS) is 27.7. The molecule has 0 amide bonds. The van der Waals surface area contributed by atoms with Crippen molar-refractivity contribution < 1.29 is 4.79 Å². The van der Waals surface area contributed by atoms with E-state index in [9.17, 15) is 4.79 Å². The van der Waals surface area contributed by atoms with E-state index in [0.29, 0.717) is 0 Å². The molecule has 1 nitrogen and oxygen atoms in total. The maximum atomic E-state index is 10.1. The molecule has 0 radical (unpaired) electrons. The molecule has 0 aromatic carbocycles. The lowest BCUT2D eigenvalue weighted by atomic mass is 9.88. The number of hydrogen-bond acceptors (Lipinski definition) is 1. The molecule has 0 unspecified atom stereocenters. The molecular weight excluding hydrogens is 112 g/mol. The van der Waals surface area contributed by atoms with E-state index < -0.39 is 0 Å². The molecule has 0 aliphatic heterocycles. The molecule has 0 heterocycles. The van der Waals surface area contributed by atoms with E-state index in [1.165, 1.54) is 12.8 Å². The van der Waals surface area contributed by atoms with E-state index in [0.717, 1.165) is 24.3 Å². The Bertz CT molecular complexity index is 133. The van der Waals surface area contributed by atoms with Crippen LogP contribution >= 0.6 is 0 Å². The number of carbonyl (C=O) groups excluding carboxylic acids is 1. The molecule has 9 heavy (non-hydrogen) atoms. The van der Waals surface area contributed by atoms with Gasteiger partial charge in [-0.25, -0.2) is 4.79 Å². The largest absolute Gasteiger partial charge is 0.234 e. The summed E-state index contributed by atoms with van der Waals surface area (Å²) in [7, 11) is 0. The van der Waals surface area contributed by atoms with E-state index in [1.807, 2.05) is 5.94 Å². The molecule has 0 aromatic rings. The fourth-order valence-corrected chi connectivity index (χ4v) is 1.21. The third kappa shape index (κ3) is 1.69. The van der Waals surface area contributed by atoms with Crippen molar-refractivity contribution in [3.05, 3.63) is 5.57 Å². The Morgan fingerprint density at radius 3 is 2.44 bits per heavy atom. The highest BCUT2D eigenvalue weighted by molar-refractivity contribution is 5.52. The van der Waals surface area contributed by atoms with E-state index in [2.05, 4.69) is 6.92 Å². The highest BCUT2D eigenvalue weighted by Gasteiger charge is 2.11. The molecule has 0 bridgehead atoms. The van der Waals surface area contributed by atoms with Crippen LogP contribution in [0.1, 0.15) is 32.6 Å². The predicted molar refractivity (Wildman–Crippen MR) is 36.8 cm³/mol. The van der Waals surface area contributed by atoms with Gasteiger partial charge in [-0.05, 0) is 31.6 Å². The van der Waals surface area contributed by atoms with Gasteiger partial charge in [-0.15, -0.1) is 0 Å². The maximum Gasteiger partial charge on any atom is 0.123 e. The lowest BCUT2D eigenvalue weighted by Crippen LogP contribution is -2.03. The van der Waals surface area contributed by atoms with Crippen LogP contribution in [0, 0.1) is 5.92 Å². The lowest BCUT2D eigenvalue weighted by molar-refractivity contribution is 0.443. The Labute approximate surface area is 55.8 Å². The Balaban J connectivity index is 2.44. The highest BCUT2D eigenvalue weighted by Crippen LogP contribution is 2.25. The SMILES string of the molecule is CC1CCC(=C=O)CC1. The lowest BCUT2D eigenvalue weighted by Gasteiger charge is -2.16. The summed E-state index contributed by atoms with van der Waals surface area (Å²) < 4.78 is 0. The minimum Gasteiger partial charge on any atom is -0.234 e. The predicted octanol–water partition coefficient (Wildman–Crippen LogP) is 1.95. The van der Waals surface area contributed by atoms with Crippen LogP contribution in [0.25, 0.3) is 0 Å². The highest BCUT2D eigenvalue weighted by atomic mass is 16.1. The van der Waals surface area contributed by atoms with Crippen molar-refractivity contribution in [1.82, 2.24) is 0 Å². The van der Waals surface area contributed by atoms with E-state index in [-0.39, 0.29) is 0 Å². The second-order valence-electron chi connectivity index (χ2n) is 2.89. The molecule has 0 atom stereocenters. The molecule has 1 saturated carbocycles. The van der Waals surface area contributed by atoms with E-state index in [1.54, 1.807) is 0 Å². The summed E-state index contributed by atoms with van der Waals surface area (Å²) in [5.41, 5.74) is 0.994. The average Bonchev–Trinajstić information content (AvgIpc) is 1.90. The first-order valence-electron chi connectivity index (χ1n) is 3.56. The molecular formula is C8H12O. The molecule has 0 N–H and O–H groups in total. The van der Waals surface area contributed by atoms with Crippen molar-refractivity contribution in [2.24, 2.45) is 5.92 Å². The van der Waals surface area contributed by atoms with E-state index >= 15 is 0 Å². The first-order chi connectivity index (χ1) is 4.33. The fourth-order valence-electron chi connectivity index (χ4n) is 1.21. The third-order valence-corrected chi connectivity index (χ3v) is 2.02. The van der Waals surface area contributed by atoms with Gasteiger partial charge < -0.3 is 0 Å². The van der Waals surface area contributed by atoms with Crippen molar-refractivity contribution in [2.75, 3.05) is 0 Å². The number of hydrogen-bond donors (Lipinski definition) is 0. The number of allylic oxidation sites excluding steroid dienone is 1. The summed E-state index contributed by atoms with van der Waals surface area (Å²) in [5.74, 6) is 2.81. The van der Waals surface area contributed by atoms with Gasteiger partial charge >= 0.3 is 0 Å². The molecule has 1 rings (SSSR count). The van der Waals surface area contributed by atoms with Gasteiger partial charge in [0.1, 0.15) is 5.94 Å². The Morgan fingerprint density at radius 1 is 1.44 bits per heavy atom. The van der Waals surface area contributed by atoms with Gasteiger partial charge in [-0.3, -0.25) is 0 Å². The van der Waals surface area contributed by atoms with Gasteiger partial charge in [0, 0.05) is 5.57 Å². The van der Waals surface area contributed by atoms with Gasteiger partial charge in [0.05, 0.1) is 0 Å².